The Bertz CT molecular complexity index is 867. The quantitative estimate of drug-likeness (QED) is 0.604. The summed E-state index contributed by atoms with van der Waals surface area (Å²) in [7, 11) is 0. The maximum atomic E-state index is 14.0. The average Bonchev–Trinajstić information content (AvgIpc) is 3.15. The van der Waals surface area contributed by atoms with E-state index in [1.807, 2.05) is 0 Å². The summed E-state index contributed by atoms with van der Waals surface area (Å²) in [5.74, 6) is 0.361. The highest BCUT2D eigenvalue weighted by molar-refractivity contribution is 6.32. The molecule has 1 aromatic heterocycles. The van der Waals surface area contributed by atoms with Crippen LogP contribution in [0.5, 0.6) is 5.75 Å². The highest BCUT2D eigenvalue weighted by Gasteiger charge is 2.18. The van der Waals surface area contributed by atoms with Gasteiger partial charge in [0.05, 0.1) is 17.8 Å². The average molecular weight is 374 g/mol. The van der Waals surface area contributed by atoms with Gasteiger partial charge < -0.3 is 14.1 Å². The Hall–Kier alpha value is -2.79. The van der Waals surface area contributed by atoms with Crippen molar-refractivity contribution >= 4 is 17.5 Å². The summed E-state index contributed by atoms with van der Waals surface area (Å²) in [6.07, 6.45) is 1.53. The third-order valence-electron chi connectivity index (χ3n) is 3.79. The minimum atomic E-state index is -0.364. The van der Waals surface area contributed by atoms with Crippen LogP contribution in [0.25, 0.3) is 0 Å². The molecule has 3 rings (SSSR count). The zero-order valence-electron chi connectivity index (χ0n) is 13.9. The van der Waals surface area contributed by atoms with Gasteiger partial charge in [-0.05, 0) is 30.3 Å². The summed E-state index contributed by atoms with van der Waals surface area (Å²) in [6.45, 7) is 0.114. The van der Waals surface area contributed by atoms with Crippen LogP contribution in [0.3, 0.4) is 0 Å². The lowest BCUT2D eigenvalue weighted by atomic mass is 10.2. The van der Waals surface area contributed by atoms with Gasteiger partial charge in [-0.25, -0.2) is 4.39 Å². The van der Waals surface area contributed by atoms with Crippen molar-refractivity contribution in [1.82, 2.24) is 4.90 Å². The summed E-state index contributed by atoms with van der Waals surface area (Å²) in [5.41, 5.74) is 0.421. The lowest BCUT2D eigenvalue weighted by molar-refractivity contribution is -0.134. The number of hydrogen-bond donors (Lipinski definition) is 0. The molecular weight excluding hydrogens is 357 g/mol. The molecule has 0 aliphatic rings. The standard InChI is InChI=1S/C20H17ClFNO3/c21-17-8-2-4-10-19(17)26-14-20(24)23(13-16-7-5-11-25-16)12-15-6-1-3-9-18(15)22/h1-11H,12-14H2. The van der Waals surface area contributed by atoms with E-state index in [9.17, 15) is 9.18 Å². The fourth-order valence-corrected chi connectivity index (χ4v) is 2.64. The van der Waals surface area contributed by atoms with Crippen molar-refractivity contribution in [2.24, 2.45) is 0 Å². The molecule has 0 aliphatic heterocycles. The van der Waals surface area contributed by atoms with Crippen molar-refractivity contribution in [3.63, 3.8) is 0 Å². The Balaban J connectivity index is 1.72. The van der Waals surface area contributed by atoms with E-state index in [0.717, 1.165) is 0 Å². The number of halogens is 2. The number of carbonyl (C=O) groups is 1. The Morgan fingerprint density at radius 2 is 1.81 bits per heavy atom. The van der Waals surface area contributed by atoms with E-state index in [4.69, 9.17) is 20.8 Å². The molecule has 0 saturated carbocycles. The molecule has 0 radical (unpaired) electrons. The van der Waals surface area contributed by atoms with Crippen LogP contribution >= 0.6 is 11.6 Å². The van der Waals surface area contributed by atoms with Gasteiger partial charge in [0.25, 0.3) is 5.91 Å². The Morgan fingerprint density at radius 1 is 1.04 bits per heavy atom. The predicted octanol–water partition coefficient (Wildman–Crippen LogP) is 4.68. The largest absolute Gasteiger partial charge is 0.482 e. The number of hydrogen-bond acceptors (Lipinski definition) is 3. The molecule has 1 heterocycles. The molecule has 4 nitrogen and oxygen atoms in total. The van der Waals surface area contributed by atoms with E-state index < -0.39 is 0 Å². The molecule has 6 heteroatoms. The molecule has 0 bridgehead atoms. The number of ether oxygens (including phenoxy) is 1. The number of nitrogens with zero attached hydrogens (tertiary/aromatic N) is 1. The molecule has 3 aromatic rings. The van der Waals surface area contributed by atoms with Crippen molar-refractivity contribution < 1.29 is 18.3 Å². The van der Waals surface area contributed by atoms with Gasteiger partial charge >= 0.3 is 0 Å². The van der Waals surface area contributed by atoms with Gasteiger partial charge in [0, 0.05) is 12.1 Å². The van der Waals surface area contributed by atoms with Gasteiger partial charge in [0.2, 0.25) is 0 Å². The Kier molecular flexibility index (Phi) is 5.92. The molecule has 26 heavy (non-hydrogen) atoms. The Labute approximate surface area is 155 Å². The minimum Gasteiger partial charge on any atom is -0.482 e. The van der Waals surface area contributed by atoms with Crippen molar-refractivity contribution in [2.75, 3.05) is 6.61 Å². The second-order valence-electron chi connectivity index (χ2n) is 5.64. The van der Waals surface area contributed by atoms with E-state index >= 15 is 0 Å². The van der Waals surface area contributed by atoms with Gasteiger partial charge in [-0.15, -0.1) is 0 Å². The number of furan rings is 1. The van der Waals surface area contributed by atoms with E-state index in [0.29, 0.717) is 22.1 Å². The summed E-state index contributed by atoms with van der Waals surface area (Å²) in [6, 6.07) is 16.8. The normalized spacial score (nSPS) is 10.5. The second kappa shape index (κ2) is 8.54. The van der Waals surface area contributed by atoms with Gasteiger partial charge in [-0.2, -0.15) is 0 Å². The van der Waals surface area contributed by atoms with Gasteiger partial charge in [-0.1, -0.05) is 41.9 Å². The first-order valence-corrected chi connectivity index (χ1v) is 8.42. The highest BCUT2D eigenvalue weighted by Crippen LogP contribution is 2.23. The SMILES string of the molecule is O=C(COc1ccccc1Cl)N(Cc1ccco1)Cc1ccccc1F. The fourth-order valence-electron chi connectivity index (χ4n) is 2.45. The van der Waals surface area contributed by atoms with Crippen LogP contribution in [0.15, 0.2) is 71.3 Å². The zero-order valence-corrected chi connectivity index (χ0v) is 14.7. The smallest absolute Gasteiger partial charge is 0.261 e. The van der Waals surface area contributed by atoms with Crippen LogP contribution in [0, 0.1) is 5.82 Å². The molecule has 0 unspecified atom stereocenters. The highest BCUT2D eigenvalue weighted by atomic mass is 35.5. The molecule has 0 spiro atoms. The van der Waals surface area contributed by atoms with E-state index in [2.05, 4.69) is 0 Å². The van der Waals surface area contributed by atoms with Gasteiger partial charge in [0.1, 0.15) is 17.3 Å². The fraction of sp³-hybridized carbons (Fsp3) is 0.150. The van der Waals surface area contributed by atoms with E-state index in [1.165, 1.54) is 17.2 Å². The van der Waals surface area contributed by atoms with Crippen LogP contribution in [0.4, 0.5) is 4.39 Å². The van der Waals surface area contributed by atoms with Crippen LogP contribution in [-0.4, -0.2) is 17.4 Å². The van der Waals surface area contributed by atoms with E-state index in [1.54, 1.807) is 54.6 Å². The first kappa shape index (κ1) is 18.0. The lowest BCUT2D eigenvalue weighted by Crippen LogP contribution is -2.34. The number of carbonyl (C=O) groups excluding carboxylic acids is 1. The van der Waals surface area contributed by atoms with Gasteiger partial charge in [0.15, 0.2) is 6.61 Å². The number of para-hydroxylation sites is 1. The lowest BCUT2D eigenvalue weighted by Gasteiger charge is -2.22. The van der Waals surface area contributed by atoms with Crippen LogP contribution < -0.4 is 4.74 Å². The summed E-state index contributed by atoms with van der Waals surface area (Å²) in [4.78, 5) is 14.1. The molecule has 1 amide bonds. The third-order valence-corrected chi connectivity index (χ3v) is 4.10. The first-order valence-electron chi connectivity index (χ1n) is 8.04. The molecule has 0 fully saturated rings. The molecule has 0 atom stereocenters. The van der Waals surface area contributed by atoms with Gasteiger partial charge in [-0.3, -0.25) is 4.79 Å². The molecule has 0 aliphatic carbocycles. The van der Waals surface area contributed by atoms with Crippen LogP contribution in [0.2, 0.25) is 5.02 Å². The maximum absolute atomic E-state index is 14.0. The summed E-state index contributed by atoms with van der Waals surface area (Å²) < 4.78 is 24.8. The van der Waals surface area contributed by atoms with Crippen LogP contribution in [0.1, 0.15) is 11.3 Å². The molecule has 0 saturated heterocycles. The first-order chi connectivity index (χ1) is 12.6. The number of benzene rings is 2. The molecule has 0 N–H and O–H groups in total. The Morgan fingerprint density at radius 3 is 2.54 bits per heavy atom. The van der Waals surface area contributed by atoms with Crippen molar-refractivity contribution in [3.8, 4) is 5.75 Å². The topological polar surface area (TPSA) is 42.7 Å². The summed E-state index contributed by atoms with van der Waals surface area (Å²) >= 11 is 6.04. The third kappa shape index (κ3) is 4.64. The van der Waals surface area contributed by atoms with Crippen molar-refractivity contribution in [3.05, 3.63) is 89.1 Å². The van der Waals surface area contributed by atoms with Crippen molar-refractivity contribution in [2.45, 2.75) is 13.1 Å². The second-order valence-corrected chi connectivity index (χ2v) is 6.05. The zero-order chi connectivity index (χ0) is 18.4. The van der Waals surface area contributed by atoms with E-state index in [-0.39, 0.29) is 31.4 Å². The summed E-state index contributed by atoms with van der Waals surface area (Å²) in [5, 5.41) is 0.423. The molecular formula is C20H17ClFNO3. The monoisotopic (exact) mass is 373 g/mol. The number of rotatable bonds is 7. The van der Waals surface area contributed by atoms with Crippen molar-refractivity contribution in [1.29, 1.82) is 0 Å². The maximum Gasteiger partial charge on any atom is 0.261 e. The minimum absolute atomic E-state index is 0.109. The molecule has 134 valence electrons. The molecule has 2 aromatic carbocycles. The predicted molar refractivity (Wildman–Crippen MR) is 96.3 cm³/mol. The van der Waals surface area contributed by atoms with Crippen LogP contribution in [-0.2, 0) is 17.9 Å². The number of amides is 1.